The summed E-state index contributed by atoms with van der Waals surface area (Å²) >= 11 is 0. The van der Waals surface area contributed by atoms with Crippen molar-refractivity contribution in [1.82, 2.24) is 5.32 Å². The molecule has 1 aliphatic heterocycles. The molecule has 1 fully saturated rings. The minimum Gasteiger partial charge on any atom is -0.365 e. The zero-order valence-corrected chi connectivity index (χ0v) is 6.56. The van der Waals surface area contributed by atoms with Crippen molar-refractivity contribution in [3.63, 3.8) is 0 Å². The Kier molecular flexibility index (Phi) is 1.53. The van der Waals surface area contributed by atoms with E-state index >= 15 is 0 Å². The fourth-order valence-electron chi connectivity index (χ4n) is 1.15. The van der Waals surface area contributed by atoms with E-state index in [2.05, 4.69) is 26.1 Å². The molecular weight excluding hydrogens is 114 g/mol. The van der Waals surface area contributed by atoms with Crippen molar-refractivity contribution in [3.05, 3.63) is 0 Å². The molecule has 0 aromatic heterocycles. The molecule has 2 unspecified atom stereocenters. The zero-order valence-electron chi connectivity index (χ0n) is 6.56. The molecule has 1 aliphatic rings. The maximum Gasteiger partial charge on any atom is 0.102 e. The first-order valence-corrected chi connectivity index (χ1v) is 3.43. The largest absolute Gasteiger partial charge is 0.365 e. The standard InChI is InChI=1S/C7H15NO/c1-5(8-4)6-7(2,3)9-6/h5-6,8H,1-4H3. The van der Waals surface area contributed by atoms with Crippen LogP contribution in [0.15, 0.2) is 0 Å². The van der Waals surface area contributed by atoms with Gasteiger partial charge in [0.05, 0.1) is 5.60 Å². The summed E-state index contributed by atoms with van der Waals surface area (Å²) in [4.78, 5) is 0. The third kappa shape index (κ3) is 1.25. The molecule has 0 aliphatic carbocycles. The third-order valence-corrected chi connectivity index (χ3v) is 1.97. The third-order valence-electron chi connectivity index (χ3n) is 1.97. The van der Waals surface area contributed by atoms with Crippen molar-refractivity contribution in [1.29, 1.82) is 0 Å². The number of hydrogen-bond donors (Lipinski definition) is 1. The molecule has 0 aromatic rings. The summed E-state index contributed by atoms with van der Waals surface area (Å²) in [5, 5.41) is 3.16. The van der Waals surface area contributed by atoms with Gasteiger partial charge in [-0.1, -0.05) is 0 Å². The predicted molar refractivity (Wildman–Crippen MR) is 37.5 cm³/mol. The van der Waals surface area contributed by atoms with E-state index in [9.17, 15) is 0 Å². The summed E-state index contributed by atoms with van der Waals surface area (Å²) in [6.07, 6.45) is 0.419. The highest BCUT2D eigenvalue weighted by molar-refractivity contribution is 5.00. The molecule has 54 valence electrons. The van der Waals surface area contributed by atoms with Crippen LogP contribution in [0.1, 0.15) is 20.8 Å². The molecule has 9 heavy (non-hydrogen) atoms. The summed E-state index contributed by atoms with van der Waals surface area (Å²) in [5.41, 5.74) is 0.127. The van der Waals surface area contributed by atoms with Crippen LogP contribution in [-0.4, -0.2) is 24.8 Å². The van der Waals surface area contributed by atoms with Crippen LogP contribution in [0.25, 0.3) is 0 Å². The van der Waals surface area contributed by atoms with Crippen molar-refractivity contribution in [3.8, 4) is 0 Å². The van der Waals surface area contributed by atoms with Crippen LogP contribution in [0.4, 0.5) is 0 Å². The van der Waals surface area contributed by atoms with Gasteiger partial charge >= 0.3 is 0 Å². The highest BCUT2D eigenvalue weighted by Crippen LogP contribution is 2.37. The molecule has 2 heteroatoms. The van der Waals surface area contributed by atoms with E-state index < -0.39 is 0 Å². The SMILES string of the molecule is CNC(C)C1OC1(C)C. The van der Waals surface area contributed by atoms with E-state index in [0.29, 0.717) is 12.1 Å². The highest BCUT2D eigenvalue weighted by Gasteiger charge is 2.50. The van der Waals surface area contributed by atoms with Crippen LogP contribution in [0.5, 0.6) is 0 Å². The Bertz CT molecular complexity index is 111. The van der Waals surface area contributed by atoms with Crippen molar-refractivity contribution in [2.75, 3.05) is 7.05 Å². The first-order chi connectivity index (χ1) is 4.08. The summed E-state index contributed by atoms with van der Waals surface area (Å²) < 4.78 is 5.39. The molecular formula is C7H15NO. The molecule has 1 saturated heterocycles. The minimum absolute atomic E-state index is 0.127. The number of ether oxygens (including phenoxy) is 1. The normalized spacial score (nSPS) is 34.0. The number of likely N-dealkylation sites (N-methyl/N-ethyl adjacent to an activating group) is 1. The van der Waals surface area contributed by atoms with Gasteiger partial charge in [-0.3, -0.25) is 0 Å². The summed E-state index contributed by atoms with van der Waals surface area (Å²) in [6, 6.07) is 0.486. The average Bonchev–Trinajstić information content (AvgIpc) is 2.38. The van der Waals surface area contributed by atoms with Crippen LogP contribution in [0, 0.1) is 0 Å². The molecule has 0 amide bonds. The van der Waals surface area contributed by atoms with E-state index in [1.807, 2.05) is 7.05 Å². The van der Waals surface area contributed by atoms with Crippen molar-refractivity contribution < 1.29 is 4.74 Å². The fraction of sp³-hybridized carbons (Fsp3) is 1.00. The van der Waals surface area contributed by atoms with Crippen LogP contribution in [-0.2, 0) is 4.74 Å². The Labute approximate surface area is 56.6 Å². The Balaban J connectivity index is 2.33. The summed E-state index contributed by atoms with van der Waals surface area (Å²) in [7, 11) is 1.96. The van der Waals surface area contributed by atoms with Gasteiger partial charge in [0.15, 0.2) is 0 Å². The van der Waals surface area contributed by atoms with Crippen molar-refractivity contribution in [2.24, 2.45) is 0 Å². The summed E-state index contributed by atoms with van der Waals surface area (Å²) in [5.74, 6) is 0. The molecule has 0 aromatic carbocycles. The van der Waals surface area contributed by atoms with Gasteiger partial charge in [0, 0.05) is 6.04 Å². The van der Waals surface area contributed by atoms with Gasteiger partial charge in [-0.25, -0.2) is 0 Å². The maximum atomic E-state index is 5.39. The average molecular weight is 129 g/mol. The predicted octanol–water partition coefficient (Wildman–Crippen LogP) is 0.772. The Morgan fingerprint density at radius 1 is 1.56 bits per heavy atom. The van der Waals surface area contributed by atoms with Crippen molar-refractivity contribution in [2.45, 2.75) is 38.5 Å². The Morgan fingerprint density at radius 2 is 2.00 bits per heavy atom. The fourth-order valence-corrected chi connectivity index (χ4v) is 1.15. The topological polar surface area (TPSA) is 24.6 Å². The second-order valence-corrected chi connectivity index (χ2v) is 3.22. The van der Waals surface area contributed by atoms with Gasteiger partial charge < -0.3 is 10.1 Å². The zero-order chi connectivity index (χ0) is 7.07. The van der Waals surface area contributed by atoms with Gasteiger partial charge in [0.2, 0.25) is 0 Å². The second-order valence-electron chi connectivity index (χ2n) is 3.22. The summed E-state index contributed by atoms with van der Waals surface area (Å²) in [6.45, 7) is 6.37. The van der Waals surface area contributed by atoms with E-state index in [1.54, 1.807) is 0 Å². The highest BCUT2D eigenvalue weighted by atomic mass is 16.6. The van der Waals surface area contributed by atoms with Gasteiger partial charge in [-0.2, -0.15) is 0 Å². The molecule has 1 rings (SSSR count). The molecule has 0 spiro atoms. The lowest BCUT2D eigenvalue weighted by atomic mass is 10.1. The molecule has 2 atom stereocenters. The minimum atomic E-state index is 0.127. The van der Waals surface area contributed by atoms with E-state index in [-0.39, 0.29) is 5.60 Å². The van der Waals surface area contributed by atoms with Crippen LogP contribution < -0.4 is 5.32 Å². The van der Waals surface area contributed by atoms with Gasteiger partial charge in [0.25, 0.3) is 0 Å². The maximum absolute atomic E-state index is 5.39. The monoisotopic (exact) mass is 129 g/mol. The molecule has 1 heterocycles. The lowest BCUT2D eigenvalue weighted by Gasteiger charge is -2.05. The molecule has 2 nitrogen and oxygen atoms in total. The Hall–Kier alpha value is -0.0800. The number of hydrogen-bond acceptors (Lipinski definition) is 2. The van der Waals surface area contributed by atoms with Crippen LogP contribution in [0.3, 0.4) is 0 Å². The lowest BCUT2D eigenvalue weighted by Crippen LogP contribution is -2.30. The van der Waals surface area contributed by atoms with Gasteiger partial charge in [0.1, 0.15) is 6.10 Å². The molecule has 0 saturated carbocycles. The smallest absolute Gasteiger partial charge is 0.102 e. The molecule has 0 radical (unpaired) electrons. The van der Waals surface area contributed by atoms with Crippen molar-refractivity contribution >= 4 is 0 Å². The van der Waals surface area contributed by atoms with Gasteiger partial charge in [-0.05, 0) is 27.8 Å². The first-order valence-electron chi connectivity index (χ1n) is 3.43. The molecule has 0 bridgehead atoms. The van der Waals surface area contributed by atoms with E-state index in [4.69, 9.17) is 4.74 Å². The molecule has 1 N–H and O–H groups in total. The lowest BCUT2D eigenvalue weighted by molar-refractivity contribution is 0.308. The van der Waals surface area contributed by atoms with Crippen LogP contribution in [0.2, 0.25) is 0 Å². The van der Waals surface area contributed by atoms with E-state index in [0.717, 1.165) is 0 Å². The number of nitrogens with one attached hydrogen (secondary N) is 1. The first kappa shape index (κ1) is 7.03. The Morgan fingerprint density at radius 3 is 2.11 bits per heavy atom. The second kappa shape index (κ2) is 1.96. The van der Waals surface area contributed by atoms with Gasteiger partial charge in [-0.15, -0.1) is 0 Å². The quantitative estimate of drug-likeness (QED) is 0.557. The van der Waals surface area contributed by atoms with E-state index in [1.165, 1.54) is 0 Å². The van der Waals surface area contributed by atoms with Crippen LogP contribution >= 0.6 is 0 Å². The number of epoxide rings is 1. The number of rotatable bonds is 2.